The SMILES string of the molecule is CCCc1noc(-c2cccc(CNC(=NC)NCC3Cc4ccccc4O3)c2)n1. The Morgan fingerprint density at radius 2 is 2.07 bits per heavy atom. The molecule has 1 aromatic heterocycles. The maximum Gasteiger partial charge on any atom is 0.257 e. The lowest BCUT2D eigenvalue weighted by molar-refractivity contribution is 0.235. The zero-order valence-electron chi connectivity index (χ0n) is 17.4. The molecule has 1 aliphatic rings. The van der Waals surface area contributed by atoms with Crippen LogP contribution in [-0.2, 0) is 19.4 Å². The zero-order valence-corrected chi connectivity index (χ0v) is 17.4. The third-order valence-corrected chi connectivity index (χ3v) is 5.01. The van der Waals surface area contributed by atoms with Crippen molar-refractivity contribution in [2.75, 3.05) is 13.6 Å². The first kappa shape index (κ1) is 19.9. The molecule has 2 N–H and O–H groups in total. The lowest BCUT2D eigenvalue weighted by atomic mass is 10.1. The molecule has 0 fully saturated rings. The van der Waals surface area contributed by atoms with E-state index in [9.17, 15) is 0 Å². The van der Waals surface area contributed by atoms with Crippen LogP contribution >= 0.6 is 0 Å². The van der Waals surface area contributed by atoms with Gasteiger partial charge in [-0.3, -0.25) is 4.99 Å². The van der Waals surface area contributed by atoms with E-state index < -0.39 is 0 Å². The van der Waals surface area contributed by atoms with Crippen LogP contribution in [0.1, 0.15) is 30.3 Å². The number of benzene rings is 2. The Balaban J connectivity index is 1.30. The van der Waals surface area contributed by atoms with Crippen molar-refractivity contribution in [1.82, 2.24) is 20.8 Å². The Labute approximate surface area is 176 Å². The summed E-state index contributed by atoms with van der Waals surface area (Å²) in [6.07, 6.45) is 2.83. The smallest absolute Gasteiger partial charge is 0.257 e. The maximum absolute atomic E-state index is 5.98. The first-order valence-electron chi connectivity index (χ1n) is 10.4. The monoisotopic (exact) mass is 405 g/mol. The summed E-state index contributed by atoms with van der Waals surface area (Å²) in [6.45, 7) is 3.42. The summed E-state index contributed by atoms with van der Waals surface area (Å²) in [7, 11) is 1.77. The van der Waals surface area contributed by atoms with Gasteiger partial charge in [-0.05, 0) is 35.7 Å². The summed E-state index contributed by atoms with van der Waals surface area (Å²) in [5, 5.41) is 10.7. The van der Waals surface area contributed by atoms with Crippen LogP contribution in [0.25, 0.3) is 11.5 Å². The molecule has 1 unspecified atom stereocenters. The standard InChI is InChI=1S/C23H27N5O2/c1-3-7-21-27-22(30-28-21)18-10-6-8-16(12-18)14-25-23(24-2)26-15-19-13-17-9-4-5-11-20(17)29-19/h4-6,8-12,19H,3,7,13-15H2,1-2H3,(H2,24,25,26). The van der Waals surface area contributed by atoms with Crippen molar-refractivity contribution in [2.24, 2.45) is 4.99 Å². The lowest BCUT2D eigenvalue weighted by Gasteiger charge is -2.15. The van der Waals surface area contributed by atoms with Gasteiger partial charge in [0.2, 0.25) is 0 Å². The molecule has 7 heteroatoms. The van der Waals surface area contributed by atoms with Gasteiger partial charge < -0.3 is 19.9 Å². The summed E-state index contributed by atoms with van der Waals surface area (Å²) >= 11 is 0. The number of fused-ring (bicyclic) bond motifs is 1. The van der Waals surface area contributed by atoms with Crippen LogP contribution in [0.15, 0.2) is 58.0 Å². The van der Waals surface area contributed by atoms with Crippen molar-refractivity contribution in [2.45, 2.75) is 38.8 Å². The van der Waals surface area contributed by atoms with Gasteiger partial charge in [0.1, 0.15) is 11.9 Å². The van der Waals surface area contributed by atoms with Gasteiger partial charge in [-0.15, -0.1) is 0 Å². The highest BCUT2D eigenvalue weighted by molar-refractivity contribution is 5.79. The minimum atomic E-state index is 0.110. The molecule has 1 aliphatic heterocycles. The first-order valence-corrected chi connectivity index (χ1v) is 10.4. The first-order chi connectivity index (χ1) is 14.7. The summed E-state index contributed by atoms with van der Waals surface area (Å²) < 4.78 is 11.4. The molecule has 0 saturated heterocycles. The molecule has 3 aromatic rings. The van der Waals surface area contributed by atoms with Gasteiger partial charge in [0.05, 0.1) is 6.54 Å². The van der Waals surface area contributed by atoms with E-state index in [-0.39, 0.29) is 6.10 Å². The molecule has 0 amide bonds. The largest absolute Gasteiger partial charge is 0.488 e. The Kier molecular flexibility index (Phi) is 6.27. The number of nitrogens with zero attached hydrogens (tertiary/aromatic N) is 3. The van der Waals surface area contributed by atoms with Crippen LogP contribution < -0.4 is 15.4 Å². The quantitative estimate of drug-likeness (QED) is 0.463. The number of aromatic nitrogens is 2. The second-order valence-electron chi connectivity index (χ2n) is 7.32. The van der Waals surface area contributed by atoms with E-state index in [2.05, 4.69) is 50.9 Å². The van der Waals surface area contributed by atoms with Crippen LogP contribution in [0.2, 0.25) is 0 Å². The van der Waals surface area contributed by atoms with Crippen molar-refractivity contribution >= 4 is 5.96 Å². The number of para-hydroxylation sites is 1. The van der Waals surface area contributed by atoms with Gasteiger partial charge in [-0.1, -0.05) is 42.4 Å². The molecule has 0 spiro atoms. The Bertz CT molecular complexity index is 989. The average molecular weight is 406 g/mol. The molecule has 0 bridgehead atoms. The third-order valence-electron chi connectivity index (χ3n) is 5.01. The topological polar surface area (TPSA) is 84.6 Å². The predicted octanol–water partition coefficient (Wildman–Crippen LogP) is 3.36. The number of guanidine groups is 1. The van der Waals surface area contributed by atoms with E-state index in [1.54, 1.807) is 7.05 Å². The molecule has 0 radical (unpaired) electrons. The maximum atomic E-state index is 5.98. The minimum Gasteiger partial charge on any atom is -0.488 e. The normalized spacial score (nSPS) is 15.5. The number of hydrogen-bond acceptors (Lipinski definition) is 5. The van der Waals surface area contributed by atoms with E-state index in [0.717, 1.165) is 47.9 Å². The van der Waals surface area contributed by atoms with Crippen LogP contribution in [0.4, 0.5) is 0 Å². The van der Waals surface area contributed by atoms with Gasteiger partial charge in [0.25, 0.3) is 5.89 Å². The van der Waals surface area contributed by atoms with Gasteiger partial charge in [-0.2, -0.15) is 4.98 Å². The van der Waals surface area contributed by atoms with Gasteiger partial charge in [0.15, 0.2) is 11.8 Å². The third kappa shape index (κ3) is 4.79. The highest BCUT2D eigenvalue weighted by Gasteiger charge is 2.22. The van der Waals surface area contributed by atoms with Gasteiger partial charge in [-0.25, -0.2) is 0 Å². The van der Waals surface area contributed by atoms with Crippen molar-refractivity contribution in [3.63, 3.8) is 0 Å². The highest BCUT2D eigenvalue weighted by atomic mass is 16.5. The number of ether oxygens (including phenoxy) is 1. The molecule has 30 heavy (non-hydrogen) atoms. The molecular formula is C23H27N5O2. The van der Waals surface area contributed by atoms with Crippen LogP contribution in [0, 0.1) is 0 Å². The Morgan fingerprint density at radius 3 is 2.90 bits per heavy atom. The van der Waals surface area contributed by atoms with Crippen LogP contribution in [0.3, 0.4) is 0 Å². The zero-order chi connectivity index (χ0) is 20.8. The summed E-state index contributed by atoms with van der Waals surface area (Å²) in [6, 6.07) is 16.3. The fourth-order valence-electron chi connectivity index (χ4n) is 3.50. The fraction of sp³-hybridized carbons (Fsp3) is 0.348. The molecule has 2 heterocycles. The number of aryl methyl sites for hydroxylation is 1. The minimum absolute atomic E-state index is 0.110. The highest BCUT2D eigenvalue weighted by Crippen LogP contribution is 2.27. The van der Waals surface area contributed by atoms with E-state index in [0.29, 0.717) is 19.0 Å². The van der Waals surface area contributed by atoms with Crippen LogP contribution in [-0.4, -0.2) is 35.8 Å². The molecule has 7 nitrogen and oxygen atoms in total. The Morgan fingerprint density at radius 1 is 1.17 bits per heavy atom. The number of rotatable bonds is 7. The average Bonchev–Trinajstić information content (AvgIpc) is 3.41. The summed E-state index contributed by atoms with van der Waals surface area (Å²) in [5.74, 6) is 3.02. The van der Waals surface area contributed by atoms with E-state index in [4.69, 9.17) is 9.26 Å². The van der Waals surface area contributed by atoms with E-state index in [1.165, 1.54) is 5.56 Å². The molecule has 1 atom stereocenters. The Hall–Kier alpha value is -3.35. The second-order valence-corrected chi connectivity index (χ2v) is 7.32. The summed E-state index contributed by atoms with van der Waals surface area (Å²) in [5.41, 5.74) is 3.28. The lowest BCUT2D eigenvalue weighted by Crippen LogP contribution is -2.41. The molecule has 2 aromatic carbocycles. The van der Waals surface area contributed by atoms with E-state index >= 15 is 0 Å². The van der Waals surface area contributed by atoms with Crippen LogP contribution in [0.5, 0.6) is 5.75 Å². The number of nitrogens with one attached hydrogen (secondary N) is 2. The molecule has 4 rings (SSSR count). The van der Waals surface area contributed by atoms with Gasteiger partial charge >= 0.3 is 0 Å². The van der Waals surface area contributed by atoms with Crippen molar-refractivity contribution in [3.8, 4) is 17.2 Å². The second kappa shape index (κ2) is 9.43. The van der Waals surface area contributed by atoms with Crippen molar-refractivity contribution < 1.29 is 9.26 Å². The number of hydrogen-bond donors (Lipinski definition) is 2. The van der Waals surface area contributed by atoms with Crippen molar-refractivity contribution in [3.05, 3.63) is 65.5 Å². The fourth-order valence-corrected chi connectivity index (χ4v) is 3.50. The molecule has 156 valence electrons. The van der Waals surface area contributed by atoms with Crippen molar-refractivity contribution in [1.29, 1.82) is 0 Å². The summed E-state index contributed by atoms with van der Waals surface area (Å²) in [4.78, 5) is 8.78. The molecule has 0 saturated carbocycles. The number of aliphatic imine (C=N–C) groups is 1. The molecule has 0 aliphatic carbocycles. The predicted molar refractivity (Wildman–Crippen MR) is 116 cm³/mol. The van der Waals surface area contributed by atoms with E-state index in [1.807, 2.05) is 30.3 Å². The van der Waals surface area contributed by atoms with Gasteiger partial charge in [0, 0.05) is 32.0 Å². The molecular weight excluding hydrogens is 378 g/mol.